The summed E-state index contributed by atoms with van der Waals surface area (Å²) < 4.78 is 5.31. The van der Waals surface area contributed by atoms with Crippen LogP contribution in [0.2, 0.25) is 0 Å². The van der Waals surface area contributed by atoms with Gasteiger partial charge in [0, 0.05) is 23.1 Å². The first-order valence-electron chi connectivity index (χ1n) is 8.77. The molecule has 0 saturated heterocycles. The van der Waals surface area contributed by atoms with Gasteiger partial charge in [-0.15, -0.1) is 11.8 Å². The lowest BCUT2D eigenvalue weighted by molar-refractivity contribution is -0.124. The van der Waals surface area contributed by atoms with Crippen LogP contribution in [-0.4, -0.2) is 44.3 Å². The van der Waals surface area contributed by atoms with Crippen LogP contribution in [0.1, 0.15) is 18.5 Å². The largest absolute Gasteiger partial charge is 0.497 e. The third kappa shape index (κ3) is 6.07. The van der Waals surface area contributed by atoms with E-state index in [2.05, 4.69) is 28.4 Å². The molecule has 0 aliphatic rings. The van der Waals surface area contributed by atoms with Crippen molar-refractivity contribution in [1.82, 2.24) is 10.2 Å². The highest BCUT2D eigenvalue weighted by Gasteiger charge is 2.18. The fourth-order valence-electron chi connectivity index (χ4n) is 2.63. The van der Waals surface area contributed by atoms with Crippen LogP contribution in [0.25, 0.3) is 0 Å². The standard InChI is InChI=1S/C21H28N2O2S/c1-16(15-26-19-11-6-5-7-12-19)21(24)22-14-20(23(2)3)17-9-8-10-18(13-17)25-4/h5-13,16,20H,14-15H2,1-4H3,(H,22,24). The minimum absolute atomic E-state index is 0.0478. The molecule has 0 aromatic heterocycles. The van der Waals surface area contributed by atoms with E-state index in [0.29, 0.717) is 6.54 Å². The van der Waals surface area contributed by atoms with Crippen LogP contribution in [0.15, 0.2) is 59.5 Å². The summed E-state index contributed by atoms with van der Waals surface area (Å²) in [6.45, 7) is 2.54. The summed E-state index contributed by atoms with van der Waals surface area (Å²) in [5, 5.41) is 3.10. The number of ether oxygens (including phenoxy) is 1. The number of hydrogen-bond acceptors (Lipinski definition) is 4. The van der Waals surface area contributed by atoms with E-state index < -0.39 is 0 Å². The molecule has 2 aromatic carbocycles. The van der Waals surface area contributed by atoms with E-state index in [1.54, 1.807) is 18.9 Å². The second-order valence-electron chi connectivity index (χ2n) is 6.53. The minimum atomic E-state index is -0.0478. The zero-order valence-corrected chi connectivity index (χ0v) is 16.8. The molecule has 1 amide bonds. The molecule has 0 saturated carbocycles. The molecule has 0 heterocycles. The number of carbonyl (C=O) groups excluding carboxylic acids is 1. The Bertz CT molecular complexity index is 691. The van der Waals surface area contributed by atoms with Crippen LogP contribution in [-0.2, 0) is 4.79 Å². The van der Waals surface area contributed by atoms with E-state index in [1.165, 1.54) is 4.90 Å². The van der Waals surface area contributed by atoms with Gasteiger partial charge in [-0.05, 0) is 43.9 Å². The Morgan fingerprint density at radius 2 is 1.88 bits per heavy atom. The van der Waals surface area contributed by atoms with Crippen LogP contribution in [0.4, 0.5) is 0 Å². The fourth-order valence-corrected chi connectivity index (χ4v) is 3.58. The van der Waals surface area contributed by atoms with E-state index in [4.69, 9.17) is 4.74 Å². The Morgan fingerprint density at radius 3 is 2.54 bits per heavy atom. The molecular weight excluding hydrogens is 344 g/mol. The van der Waals surface area contributed by atoms with Gasteiger partial charge in [-0.3, -0.25) is 4.79 Å². The Balaban J connectivity index is 1.90. The molecule has 2 atom stereocenters. The van der Waals surface area contributed by atoms with Crippen LogP contribution in [0.3, 0.4) is 0 Å². The molecule has 0 spiro atoms. The molecule has 0 aliphatic heterocycles. The molecule has 0 bridgehead atoms. The first-order chi connectivity index (χ1) is 12.5. The molecule has 1 N–H and O–H groups in total. The zero-order valence-electron chi connectivity index (χ0n) is 15.9. The quantitative estimate of drug-likeness (QED) is 0.679. The van der Waals surface area contributed by atoms with Gasteiger partial charge in [0.1, 0.15) is 5.75 Å². The van der Waals surface area contributed by atoms with Crippen molar-refractivity contribution in [2.24, 2.45) is 5.92 Å². The molecule has 0 radical (unpaired) electrons. The highest BCUT2D eigenvalue weighted by molar-refractivity contribution is 7.99. The van der Waals surface area contributed by atoms with Crippen LogP contribution < -0.4 is 10.1 Å². The Hall–Kier alpha value is -1.98. The Kier molecular flexibility index (Phi) is 8.01. The minimum Gasteiger partial charge on any atom is -0.497 e. The average Bonchev–Trinajstić information content (AvgIpc) is 2.66. The monoisotopic (exact) mass is 372 g/mol. The third-order valence-corrected chi connectivity index (χ3v) is 5.53. The summed E-state index contributed by atoms with van der Waals surface area (Å²) in [5.41, 5.74) is 1.13. The summed E-state index contributed by atoms with van der Waals surface area (Å²) >= 11 is 1.71. The van der Waals surface area contributed by atoms with Crippen molar-refractivity contribution >= 4 is 17.7 Å². The normalized spacial score (nSPS) is 13.3. The summed E-state index contributed by atoms with van der Waals surface area (Å²) in [5.74, 6) is 1.63. The van der Waals surface area contributed by atoms with Gasteiger partial charge >= 0.3 is 0 Å². The second kappa shape index (κ2) is 10.2. The Morgan fingerprint density at radius 1 is 1.15 bits per heavy atom. The number of nitrogens with zero attached hydrogens (tertiary/aromatic N) is 1. The summed E-state index contributed by atoms with van der Waals surface area (Å²) in [7, 11) is 5.70. The molecule has 140 valence electrons. The third-order valence-electron chi connectivity index (χ3n) is 4.26. The number of benzene rings is 2. The van der Waals surface area contributed by atoms with Gasteiger partial charge in [-0.2, -0.15) is 0 Å². The number of hydrogen-bond donors (Lipinski definition) is 1. The number of nitrogens with one attached hydrogen (secondary N) is 1. The number of thioether (sulfide) groups is 1. The van der Waals surface area contributed by atoms with Crippen molar-refractivity contribution in [3.05, 3.63) is 60.2 Å². The molecule has 5 heteroatoms. The summed E-state index contributed by atoms with van der Waals surface area (Å²) in [6.07, 6.45) is 0. The van der Waals surface area contributed by atoms with Crippen molar-refractivity contribution in [3.8, 4) is 5.75 Å². The highest BCUT2D eigenvalue weighted by Crippen LogP contribution is 2.23. The fraction of sp³-hybridized carbons (Fsp3) is 0.381. The van der Waals surface area contributed by atoms with Crippen molar-refractivity contribution in [2.75, 3.05) is 33.5 Å². The highest BCUT2D eigenvalue weighted by atomic mass is 32.2. The van der Waals surface area contributed by atoms with Gasteiger partial charge in [-0.1, -0.05) is 37.3 Å². The van der Waals surface area contributed by atoms with Gasteiger partial charge in [0.2, 0.25) is 5.91 Å². The van der Waals surface area contributed by atoms with Gasteiger partial charge in [-0.25, -0.2) is 0 Å². The lowest BCUT2D eigenvalue weighted by Gasteiger charge is -2.26. The van der Waals surface area contributed by atoms with Crippen LogP contribution >= 0.6 is 11.8 Å². The number of likely N-dealkylation sites (N-methyl/N-ethyl adjacent to an activating group) is 1. The van der Waals surface area contributed by atoms with Crippen molar-refractivity contribution in [3.63, 3.8) is 0 Å². The predicted octanol–water partition coefficient (Wildman–Crippen LogP) is 3.84. The maximum Gasteiger partial charge on any atom is 0.223 e. The van der Waals surface area contributed by atoms with Gasteiger partial charge < -0.3 is 15.0 Å². The van der Waals surface area contributed by atoms with E-state index in [-0.39, 0.29) is 17.9 Å². The van der Waals surface area contributed by atoms with E-state index in [0.717, 1.165) is 17.1 Å². The van der Waals surface area contributed by atoms with Crippen molar-refractivity contribution < 1.29 is 9.53 Å². The summed E-state index contributed by atoms with van der Waals surface area (Å²) in [4.78, 5) is 15.8. The van der Waals surface area contributed by atoms with Crippen molar-refractivity contribution in [1.29, 1.82) is 0 Å². The lowest BCUT2D eigenvalue weighted by Crippen LogP contribution is -2.37. The van der Waals surface area contributed by atoms with Crippen LogP contribution in [0.5, 0.6) is 5.75 Å². The number of amides is 1. The first kappa shape index (κ1) is 20.3. The van der Waals surface area contributed by atoms with Crippen LogP contribution in [0, 0.1) is 5.92 Å². The van der Waals surface area contributed by atoms with E-state index in [9.17, 15) is 4.79 Å². The number of methoxy groups -OCH3 is 1. The first-order valence-corrected chi connectivity index (χ1v) is 9.75. The Labute approximate surface area is 160 Å². The topological polar surface area (TPSA) is 41.6 Å². The van der Waals surface area contributed by atoms with Gasteiger partial charge in [0.05, 0.1) is 13.2 Å². The smallest absolute Gasteiger partial charge is 0.223 e. The average molecular weight is 373 g/mol. The van der Waals surface area contributed by atoms with Gasteiger partial charge in [0.15, 0.2) is 0 Å². The molecule has 4 nitrogen and oxygen atoms in total. The number of carbonyl (C=O) groups is 1. The molecule has 26 heavy (non-hydrogen) atoms. The zero-order chi connectivity index (χ0) is 18.9. The number of rotatable bonds is 9. The second-order valence-corrected chi connectivity index (χ2v) is 7.62. The van der Waals surface area contributed by atoms with E-state index in [1.807, 2.05) is 57.4 Å². The SMILES string of the molecule is COc1cccc(C(CNC(=O)C(C)CSc2ccccc2)N(C)C)c1. The lowest BCUT2D eigenvalue weighted by atomic mass is 10.1. The van der Waals surface area contributed by atoms with Gasteiger partial charge in [0.25, 0.3) is 0 Å². The molecule has 2 aromatic rings. The molecule has 2 unspecified atom stereocenters. The van der Waals surface area contributed by atoms with E-state index >= 15 is 0 Å². The van der Waals surface area contributed by atoms with Crippen molar-refractivity contribution in [2.45, 2.75) is 17.9 Å². The maximum atomic E-state index is 12.5. The molecule has 0 aliphatic carbocycles. The molecular formula is C21H28N2O2S. The maximum absolute atomic E-state index is 12.5. The predicted molar refractivity (Wildman–Crippen MR) is 109 cm³/mol. The molecule has 0 fully saturated rings. The molecule has 2 rings (SSSR count). The summed E-state index contributed by atoms with van der Waals surface area (Å²) in [6, 6.07) is 18.3.